The molecule has 2 rings (SSSR count). The molecule has 0 atom stereocenters. The molecule has 0 radical (unpaired) electrons. The Hall–Kier alpha value is -0.690. The van der Waals surface area contributed by atoms with Gasteiger partial charge in [-0.2, -0.15) is 0 Å². The average molecular weight is 238 g/mol. The smallest absolute Gasteiger partial charge is 0.0455 e. The second kappa shape index (κ2) is 5.58. The van der Waals surface area contributed by atoms with Gasteiger partial charge in [0.1, 0.15) is 0 Å². The molecule has 0 aliphatic heterocycles. The summed E-state index contributed by atoms with van der Waals surface area (Å²) in [6, 6.07) is 6.07. The normalized spacial score (nSPS) is 17.4. The summed E-state index contributed by atoms with van der Waals surface area (Å²) < 4.78 is 0. The largest absolute Gasteiger partial charge is 0.385 e. The van der Waals surface area contributed by atoms with E-state index in [1.807, 2.05) is 12.1 Å². The molecule has 0 unspecified atom stereocenters. The third kappa shape index (κ3) is 2.91. The molecule has 1 saturated carbocycles. The maximum Gasteiger partial charge on any atom is 0.0455 e. The average Bonchev–Trinajstić information content (AvgIpc) is 2.32. The number of benzene rings is 1. The highest BCUT2D eigenvalue weighted by Gasteiger charge is 2.13. The van der Waals surface area contributed by atoms with Crippen LogP contribution < -0.4 is 5.32 Å². The highest BCUT2D eigenvalue weighted by molar-refractivity contribution is 6.31. The van der Waals surface area contributed by atoms with Crippen LogP contribution >= 0.6 is 11.6 Å². The monoisotopic (exact) mass is 237 g/mol. The van der Waals surface area contributed by atoms with E-state index in [2.05, 4.69) is 18.3 Å². The number of rotatable bonds is 3. The molecule has 1 fully saturated rings. The lowest BCUT2D eigenvalue weighted by Crippen LogP contribution is -2.17. The lowest BCUT2D eigenvalue weighted by atomic mass is 9.89. The summed E-state index contributed by atoms with van der Waals surface area (Å²) in [6.07, 6.45) is 6.99. The SMILES string of the molecule is Cc1c(Cl)cccc1NCC1CCCCC1. The first-order chi connectivity index (χ1) is 7.77. The molecule has 1 aliphatic carbocycles. The molecule has 0 bridgehead atoms. The third-order valence-electron chi connectivity index (χ3n) is 3.57. The second-order valence-electron chi connectivity index (χ2n) is 4.80. The first kappa shape index (κ1) is 11.8. The van der Waals surface area contributed by atoms with Gasteiger partial charge in [-0.05, 0) is 43.4 Å². The minimum Gasteiger partial charge on any atom is -0.385 e. The standard InChI is InChI=1S/C14H20ClN/c1-11-13(15)8-5-9-14(11)16-10-12-6-3-2-4-7-12/h5,8-9,12,16H,2-4,6-7,10H2,1H3. The van der Waals surface area contributed by atoms with Crippen LogP contribution in [0, 0.1) is 12.8 Å². The Morgan fingerprint density at radius 3 is 2.75 bits per heavy atom. The molecule has 88 valence electrons. The third-order valence-corrected chi connectivity index (χ3v) is 3.98. The molecule has 16 heavy (non-hydrogen) atoms. The fraction of sp³-hybridized carbons (Fsp3) is 0.571. The maximum absolute atomic E-state index is 6.10. The minimum atomic E-state index is 0.854. The number of hydrogen-bond acceptors (Lipinski definition) is 1. The number of nitrogens with one attached hydrogen (secondary N) is 1. The van der Waals surface area contributed by atoms with E-state index in [1.54, 1.807) is 0 Å². The van der Waals surface area contributed by atoms with Crippen LogP contribution in [0.1, 0.15) is 37.7 Å². The van der Waals surface area contributed by atoms with Crippen molar-refractivity contribution in [3.8, 4) is 0 Å². The van der Waals surface area contributed by atoms with Crippen molar-refractivity contribution >= 4 is 17.3 Å². The van der Waals surface area contributed by atoms with E-state index in [4.69, 9.17) is 11.6 Å². The van der Waals surface area contributed by atoms with Gasteiger partial charge in [0, 0.05) is 17.3 Å². The molecule has 0 heterocycles. The zero-order chi connectivity index (χ0) is 11.4. The van der Waals surface area contributed by atoms with Crippen LogP contribution in [0.2, 0.25) is 5.02 Å². The molecule has 0 amide bonds. The van der Waals surface area contributed by atoms with Crippen LogP contribution in [-0.2, 0) is 0 Å². The van der Waals surface area contributed by atoms with Crippen LogP contribution in [0.25, 0.3) is 0 Å². The van der Waals surface area contributed by atoms with Crippen molar-refractivity contribution in [2.24, 2.45) is 5.92 Å². The van der Waals surface area contributed by atoms with Gasteiger partial charge in [-0.25, -0.2) is 0 Å². The predicted molar refractivity (Wildman–Crippen MR) is 71.3 cm³/mol. The summed E-state index contributed by atoms with van der Waals surface area (Å²) in [5.74, 6) is 0.854. The van der Waals surface area contributed by atoms with Crippen LogP contribution in [0.5, 0.6) is 0 Å². The van der Waals surface area contributed by atoms with Crippen molar-refractivity contribution in [3.05, 3.63) is 28.8 Å². The van der Waals surface area contributed by atoms with Crippen molar-refractivity contribution in [2.75, 3.05) is 11.9 Å². The predicted octanol–water partition coefficient (Wildman–Crippen LogP) is 4.64. The fourth-order valence-corrected chi connectivity index (χ4v) is 2.62. The van der Waals surface area contributed by atoms with E-state index in [1.165, 1.54) is 43.4 Å². The Morgan fingerprint density at radius 1 is 1.25 bits per heavy atom. The van der Waals surface area contributed by atoms with Crippen molar-refractivity contribution in [1.29, 1.82) is 0 Å². The molecule has 0 spiro atoms. The van der Waals surface area contributed by atoms with Crippen molar-refractivity contribution < 1.29 is 0 Å². The Labute approximate surface area is 103 Å². The van der Waals surface area contributed by atoms with Gasteiger partial charge in [-0.1, -0.05) is 36.9 Å². The Morgan fingerprint density at radius 2 is 2.00 bits per heavy atom. The molecule has 1 aromatic rings. The molecular formula is C14H20ClN. The molecule has 1 nitrogen and oxygen atoms in total. The van der Waals surface area contributed by atoms with Crippen LogP contribution in [0.3, 0.4) is 0 Å². The zero-order valence-corrected chi connectivity index (χ0v) is 10.7. The molecule has 1 N–H and O–H groups in total. The van der Waals surface area contributed by atoms with Gasteiger partial charge in [-0.3, -0.25) is 0 Å². The number of hydrogen-bond donors (Lipinski definition) is 1. The topological polar surface area (TPSA) is 12.0 Å². The molecular weight excluding hydrogens is 218 g/mol. The Balaban J connectivity index is 1.91. The van der Waals surface area contributed by atoms with E-state index in [0.717, 1.165) is 17.5 Å². The molecule has 0 saturated heterocycles. The summed E-state index contributed by atoms with van der Waals surface area (Å²) in [7, 11) is 0. The van der Waals surface area contributed by atoms with E-state index >= 15 is 0 Å². The quantitative estimate of drug-likeness (QED) is 0.808. The van der Waals surface area contributed by atoms with E-state index < -0.39 is 0 Å². The van der Waals surface area contributed by atoms with Gasteiger partial charge < -0.3 is 5.32 Å². The van der Waals surface area contributed by atoms with Gasteiger partial charge in [0.05, 0.1) is 0 Å². The summed E-state index contributed by atoms with van der Waals surface area (Å²) in [6.45, 7) is 3.17. The van der Waals surface area contributed by atoms with Crippen molar-refractivity contribution in [1.82, 2.24) is 0 Å². The van der Waals surface area contributed by atoms with Gasteiger partial charge in [0.15, 0.2) is 0 Å². The van der Waals surface area contributed by atoms with Crippen LogP contribution in [0.15, 0.2) is 18.2 Å². The lowest BCUT2D eigenvalue weighted by Gasteiger charge is -2.22. The van der Waals surface area contributed by atoms with E-state index in [-0.39, 0.29) is 0 Å². The highest BCUT2D eigenvalue weighted by Crippen LogP contribution is 2.26. The van der Waals surface area contributed by atoms with E-state index in [9.17, 15) is 0 Å². The number of halogens is 1. The summed E-state index contributed by atoms with van der Waals surface area (Å²) in [5.41, 5.74) is 2.36. The minimum absolute atomic E-state index is 0.854. The van der Waals surface area contributed by atoms with Gasteiger partial charge in [-0.15, -0.1) is 0 Å². The second-order valence-corrected chi connectivity index (χ2v) is 5.20. The lowest BCUT2D eigenvalue weighted by molar-refractivity contribution is 0.373. The van der Waals surface area contributed by atoms with Crippen LogP contribution in [-0.4, -0.2) is 6.54 Å². The zero-order valence-electron chi connectivity index (χ0n) is 9.93. The van der Waals surface area contributed by atoms with Crippen molar-refractivity contribution in [3.63, 3.8) is 0 Å². The first-order valence-electron chi connectivity index (χ1n) is 6.26. The maximum atomic E-state index is 6.10. The molecule has 1 aliphatic rings. The summed E-state index contributed by atoms with van der Waals surface area (Å²) >= 11 is 6.10. The fourth-order valence-electron chi connectivity index (χ4n) is 2.44. The summed E-state index contributed by atoms with van der Waals surface area (Å²) in [5, 5.41) is 4.39. The first-order valence-corrected chi connectivity index (χ1v) is 6.64. The Bertz CT molecular complexity index is 343. The van der Waals surface area contributed by atoms with Gasteiger partial charge in [0.2, 0.25) is 0 Å². The summed E-state index contributed by atoms with van der Waals surface area (Å²) in [4.78, 5) is 0. The molecule has 1 aromatic carbocycles. The molecule has 0 aromatic heterocycles. The van der Waals surface area contributed by atoms with Gasteiger partial charge >= 0.3 is 0 Å². The van der Waals surface area contributed by atoms with Crippen molar-refractivity contribution in [2.45, 2.75) is 39.0 Å². The Kier molecular flexibility index (Phi) is 4.11. The highest BCUT2D eigenvalue weighted by atomic mass is 35.5. The van der Waals surface area contributed by atoms with Gasteiger partial charge in [0.25, 0.3) is 0 Å². The number of anilines is 1. The van der Waals surface area contributed by atoms with E-state index in [0.29, 0.717) is 0 Å². The molecule has 2 heteroatoms. The van der Waals surface area contributed by atoms with Crippen LogP contribution in [0.4, 0.5) is 5.69 Å².